The second-order valence-electron chi connectivity index (χ2n) is 23.6. The summed E-state index contributed by atoms with van der Waals surface area (Å²) in [6, 6.07) is -1.05. The third-order valence-corrected chi connectivity index (χ3v) is 16.1. The van der Waals surface area contributed by atoms with Crippen LogP contribution >= 0.6 is 0 Å². The van der Waals surface area contributed by atoms with Crippen molar-refractivity contribution in [3.05, 3.63) is 36.5 Å². The van der Waals surface area contributed by atoms with Crippen LogP contribution in [0.3, 0.4) is 0 Å². The number of hydrogen-bond donors (Lipinski definition) is 6. The average Bonchev–Trinajstić information content (AvgIpc) is 3.44. The zero-order valence-corrected chi connectivity index (χ0v) is 51.5. The molecule has 0 aromatic heterocycles. The normalized spacial score (nSPS) is 19.0. The van der Waals surface area contributed by atoms with Gasteiger partial charge in [0.1, 0.15) is 24.4 Å². The summed E-state index contributed by atoms with van der Waals surface area (Å²) in [5.74, 6) is -1.25. The fraction of sp³-hybridized carbons (Fsp3) is 0.882. The maximum Gasteiger partial charge on any atom is 0.306 e. The fourth-order valence-corrected chi connectivity index (χ4v) is 10.7. The molecular formula is C68H127NO10. The predicted octanol–water partition coefficient (Wildman–Crippen LogP) is 16.6. The Labute approximate surface area is 485 Å². The zero-order chi connectivity index (χ0) is 57.5. The number of carbonyl (C=O) groups is 2. The molecule has 0 aliphatic carbocycles. The lowest BCUT2D eigenvalue weighted by Crippen LogP contribution is -2.61. The Hall–Kier alpha value is -2.12. The SMILES string of the molecule is CCCCCCCC/C=C\C/C=C/CC(O)C(=O)NC(COC1OC(CO)C(O)C(O)C1OC(=O)CCCCCCCCCCCCCCCCCCCCCCCCCCCCC)C(O)/C=C/CCCCCCCCCCC. The van der Waals surface area contributed by atoms with Crippen LogP contribution in [0.4, 0.5) is 0 Å². The molecular weight excluding hydrogens is 991 g/mol. The molecule has 0 aromatic rings. The van der Waals surface area contributed by atoms with Crippen molar-refractivity contribution in [2.45, 2.75) is 372 Å². The number of aliphatic hydroxyl groups excluding tert-OH is 5. The monoisotopic (exact) mass is 1120 g/mol. The van der Waals surface area contributed by atoms with E-state index in [1.54, 1.807) is 12.2 Å². The predicted molar refractivity (Wildman–Crippen MR) is 329 cm³/mol. The van der Waals surface area contributed by atoms with Crippen LogP contribution < -0.4 is 5.32 Å². The first-order valence-corrected chi connectivity index (χ1v) is 33.8. The van der Waals surface area contributed by atoms with Crippen LogP contribution in [0, 0.1) is 0 Å². The highest BCUT2D eigenvalue weighted by Gasteiger charge is 2.47. The van der Waals surface area contributed by atoms with Crippen LogP contribution in [0.25, 0.3) is 0 Å². The maximum atomic E-state index is 13.3. The molecule has 1 rings (SSSR count). The molecule has 0 aromatic carbocycles. The summed E-state index contributed by atoms with van der Waals surface area (Å²) in [7, 11) is 0. The third kappa shape index (κ3) is 44.1. The number of rotatable bonds is 58. The molecule has 0 saturated carbocycles. The van der Waals surface area contributed by atoms with Crippen LogP contribution in [0.2, 0.25) is 0 Å². The van der Waals surface area contributed by atoms with Gasteiger partial charge in [-0.15, -0.1) is 0 Å². The minimum Gasteiger partial charge on any atom is -0.454 e. The van der Waals surface area contributed by atoms with Crippen LogP contribution in [0.5, 0.6) is 0 Å². The van der Waals surface area contributed by atoms with Gasteiger partial charge in [0.15, 0.2) is 12.4 Å². The molecule has 464 valence electrons. The minimum atomic E-state index is -1.62. The second kappa shape index (κ2) is 56.4. The van der Waals surface area contributed by atoms with Crippen LogP contribution in [0.15, 0.2) is 36.5 Å². The summed E-state index contributed by atoms with van der Waals surface area (Å²) < 4.78 is 17.6. The topological polar surface area (TPSA) is 175 Å². The molecule has 11 heteroatoms. The minimum absolute atomic E-state index is 0.0843. The van der Waals surface area contributed by atoms with Crippen LogP contribution in [-0.4, -0.2) is 99.6 Å². The van der Waals surface area contributed by atoms with Gasteiger partial charge in [-0.3, -0.25) is 9.59 Å². The van der Waals surface area contributed by atoms with Crippen molar-refractivity contribution in [3.63, 3.8) is 0 Å². The van der Waals surface area contributed by atoms with Gasteiger partial charge in [-0.1, -0.05) is 308 Å². The zero-order valence-electron chi connectivity index (χ0n) is 51.5. The van der Waals surface area contributed by atoms with E-state index >= 15 is 0 Å². The Bertz CT molecular complexity index is 1420. The molecule has 1 aliphatic rings. The third-order valence-electron chi connectivity index (χ3n) is 16.1. The van der Waals surface area contributed by atoms with E-state index in [4.69, 9.17) is 14.2 Å². The number of unbranched alkanes of at least 4 members (excludes halogenated alkanes) is 41. The van der Waals surface area contributed by atoms with Crippen molar-refractivity contribution >= 4 is 11.9 Å². The smallest absolute Gasteiger partial charge is 0.306 e. The Morgan fingerprint density at radius 2 is 0.873 bits per heavy atom. The Kier molecular flexibility index (Phi) is 53.4. The van der Waals surface area contributed by atoms with Crippen LogP contribution in [-0.2, 0) is 23.8 Å². The molecule has 1 fully saturated rings. The molecule has 0 radical (unpaired) electrons. The van der Waals surface area contributed by atoms with E-state index in [9.17, 15) is 35.1 Å². The Morgan fingerprint density at radius 3 is 1.29 bits per heavy atom. The first kappa shape index (κ1) is 74.9. The summed E-state index contributed by atoms with van der Waals surface area (Å²) in [6.45, 7) is 5.76. The number of aliphatic hydroxyl groups is 5. The van der Waals surface area contributed by atoms with Crippen molar-refractivity contribution in [2.75, 3.05) is 13.2 Å². The van der Waals surface area contributed by atoms with Gasteiger partial charge in [-0.05, 0) is 38.5 Å². The molecule has 1 heterocycles. The second-order valence-corrected chi connectivity index (χ2v) is 23.6. The van der Waals surface area contributed by atoms with Crippen molar-refractivity contribution in [1.82, 2.24) is 5.32 Å². The highest BCUT2D eigenvalue weighted by molar-refractivity contribution is 5.81. The summed E-state index contributed by atoms with van der Waals surface area (Å²) in [4.78, 5) is 26.5. The van der Waals surface area contributed by atoms with Crippen molar-refractivity contribution < 1.29 is 49.3 Å². The van der Waals surface area contributed by atoms with Crippen molar-refractivity contribution in [2.24, 2.45) is 0 Å². The molecule has 0 spiro atoms. The van der Waals surface area contributed by atoms with E-state index in [0.29, 0.717) is 12.8 Å². The van der Waals surface area contributed by atoms with Gasteiger partial charge in [-0.25, -0.2) is 0 Å². The van der Waals surface area contributed by atoms with Gasteiger partial charge in [0.05, 0.1) is 25.4 Å². The van der Waals surface area contributed by atoms with Gasteiger partial charge in [0.2, 0.25) is 5.91 Å². The number of allylic oxidation sites excluding steroid dienone is 4. The number of carbonyl (C=O) groups excluding carboxylic acids is 2. The standard InChI is InChI=1S/C68H127NO10/c1-4-7-10-13-16-19-22-24-25-26-27-28-29-30-31-32-33-34-35-36-37-38-41-44-47-50-53-56-63(73)79-66-65(75)64(74)62(57-70)78-68(66)77-58-59(60(71)54-51-48-45-42-39-21-18-15-12-9-6-3)69-67(76)61(72)55-52-49-46-43-40-23-20-17-14-11-8-5-2/h40,43,49,51-52,54,59-62,64-66,68,70-72,74-75H,4-39,41-42,44-48,50,53,55-58H2,1-3H3,(H,69,76)/b43-40-,52-49+,54-51+. The Morgan fingerprint density at radius 1 is 0.494 bits per heavy atom. The summed E-state index contributed by atoms with van der Waals surface area (Å²) in [5.41, 5.74) is 0. The highest BCUT2D eigenvalue weighted by Crippen LogP contribution is 2.26. The number of esters is 1. The van der Waals surface area contributed by atoms with Crippen LogP contribution in [0.1, 0.15) is 323 Å². The lowest BCUT2D eigenvalue weighted by molar-refractivity contribution is -0.305. The van der Waals surface area contributed by atoms with E-state index < -0.39 is 67.4 Å². The van der Waals surface area contributed by atoms with E-state index in [2.05, 4.69) is 38.2 Å². The van der Waals surface area contributed by atoms with Gasteiger partial charge in [0, 0.05) is 12.8 Å². The van der Waals surface area contributed by atoms with Crippen molar-refractivity contribution in [3.8, 4) is 0 Å². The van der Waals surface area contributed by atoms with Gasteiger partial charge >= 0.3 is 5.97 Å². The van der Waals surface area contributed by atoms with E-state index in [-0.39, 0.29) is 19.4 Å². The van der Waals surface area contributed by atoms with E-state index in [1.165, 1.54) is 231 Å². The number of nitrogens with one attached hydrogen (secondary N) is 1. The maximum absolute atomic E-state index is 13.3. The fourth-order valence-electron chi connectivity index (χ4n) is 10.7. The quantitative estimate of drug-likeness (QED) is 0.0195. The molecule has 11 nitrogen and oxygen atoms in total. The molecule has 8 atom stereocenters. The Balaban J connectivity index is 2.52. The largest absolute Gasteiger partial charge is 0.454 e. The molecule has 79 heavy (non-hydrogen) atoms. The molecule has 8 unspecified atom stereocenters. The molecule has 1 saturated heterocycles. The molecule has 1 aliphatic heterocycles. The number of hydrogen-bond acceptors (Lipinski definition) is 10. The summed E-state index contributed by atoms with van der Waals surface area (Å²) >= 11 is 0. The molecule has 1 amide bonds. The highest BCUT2D eigenvalue weighted by atomic mass is 16.7. The molecule has 0 bridgehead atoms. The summed E-state index contributed by atoms with van der Waals surface area (Å²) in [6.07, 6.45) is 58.1. The van der Waals surface area contributed by atoms with Gasteiger partial charge < -0.3 is 45.1 Å². The number of ether oxygens (including phenoxy) is 3. The van der Waals surface area contributed by atoms with Crippen molar-refractivity contribution in [1.29, 1.82) is 0 Å². The lowest BCUT2D eigenvalue weighted by atomic mass is 9.99. The van der Waals surface area contributed by atoms with Gasteiger partial charge in [0.25, 0.3) is 0 Å². The molecule has 6 N–H and O–H groups in total. The van der Waals surface area contributed by atoms with E-state index in [1.807, 2.05) is 12.2 Å². The lowest BCUT2D eigenvalue weighted by Gasteiger charge is -2.41. The first-order chi connectivity index (χ1) is 38.7. The average molecular weight is 1120 g/mol. The summed E-state index contributed by atoms with van der Waals surface area (Å²) in [5, 5.41) is 56.8. The van der Waals surface area contributed by atoms with Gasteiger partial charge in [-0.2, -0.15) is 0 Å². The first-order valence-electron chi connectivity index (χ1n) is 33.8. The van der Waals surface area contributed by atoms with E-state index in [0.717, 1.165) is 44.9 Å². The number of amides is 1.